The second-order valence-corrected chi connectivity index (χ2v) is 11.3. The van der Waals surface area contributed by atoms with Gasteiger partial charge in [0, 0.05) is 49.4 Å². The molecule has 9 nitrogen and oxygen atoms in total. The summed E-state index contributed by atoms with van der Waals surface area (Å²) in [5, 5.41) is 19.8. The fourth-order valence-electron chi connectivity index (χ4n) is 5.51. The van der Waals surface area contributed by atoms with E-state index in [1.165, 1.54) is 11.0 Å². The van der Waals surface area contributed by atoms with Crippen molar-refractivity contribution in [2.75, 3.05) is 25.0 Å². The number of anilines is 2. The van der Waals surface area contributed by atoms with Crippen LogP contribution in [0.25, 0.3) is 0 Å². The second-order valence-electron chi connectivity index (χ2n) is 10.9. The molecule has 2 aliphatic rings. The molecular formula is C28H30ClF3N6O3. The monoisotopic (exact) mass is 590 g/mol. The average molecular weight is 591 g/mol. The van der Waals surface area contributed by atoms with Gasteiger partial charge in [0.2, 0.25) is 0 Å². The van der Waals surface area contributed by atoms with E-state index in [0.717, 1.165) is 6.42 Å². The smallest absolute Gasteiger partial charge is 0.310 e. The highest BCUT2D eigenvalue weighted by molar-refractivity contribution is 6.30. The summed E-state index contributed by atoms with van der Waals surface area (Å²) in [6, 6.07) is 5.98. The SMILES string of the molecule is Cc1cc(Nc2nc(C[C@@]3(C(=O)O)CCN(Cc4cccc(Cl)c4F)[C@H](C)C3)c(F)c(C(=O)N3CCC3)c2F)n[nH]1. The van der Waals surface area contributed by atoms with Crippen molar-refractivity contribution < 1.29 is 27.9 Å². The third-order valence-electron chi connectivity index (χ3n) is 8.01. The van der Waals surface area contributed by atoms with Crippen molar-refractivity contribution in [1.82, 2.24) is 25.0 Å². The molecule has 0 unspecified atom stereocenters. The van der Waals surface area contributed by atoms with E-state index in [9.17, 15) is 19.1 Å². The zero-order chi connectivity index (χ0) is 29.5. The molecule has 5 rings (SSSR count). The molecule has 0 bridgehead atoms. The van der Waals surface area contributed by atoms with Crippen LogP contribution in [-0.4, -0.2) is 67.6 Å². The number of nitrogens with zero attached hydrogens (tertiary/aromatic N) is 4. The van der Waals surface area contributed by atoms with Gasteiger partial charge in [-0.15, -0.1) is 0 Å². The largest absolute Gasteiger partial charge is 0.481 e. The van der Waals surface area contributed by atoms with E-state index in [2.05, 4.69) is 20.5 Å². The maximum Gasteiger partial charge on any atom is 0.310 e. The minimum atomic E-state index is -1.45. The zero-order valence-electron chi connectivity index (χ0n) is 22.6. The number of amides is 1. The van der Waals surface area contributed by atoms with E-state index in [1.54, 1.807) is 25.1 Å². The average Bonchev–Trinajstić information content (AvgIpc) is 3.29. The van der Waals surface area contributed by atoms with Gasteiger partial charge in [-0.2, -0.15) is 5.10 Å². The van der Waals surface area contributed by atoms with E-state index in [-0.39, 0.29) is 54.9 Å². The Bertz CT molecular complexity index is 1500. The molecule has 2 fully saturated rings. The van der Waals surface area contributed by atoms with Gasteiger partial charge in [0.1, 0.15) is 11.4 Å². The van der Waals surface area contributed by atoms with Crippen molar-refractivity contribution in [3.05, 3.63) is 69.3 Å². The maximum atomic E-state index is 15.9. The number of piperidine rings is 1. The molecule has 2 atom stereocenters. The summed E-state index contributed by atoms with van der Waals surface area (Å²) in [6.45, 7) is 4.80. The van der Waals surface area contributed by atoms with Gasteiger partial charge in [-0.3, -0.25) is 19.6 Å². The number of pyridine rings is 1. The van der Waals surface area contributed by atoms with Crippen molar-refractivity contribution >= 4 is 35.1 Å². The summed E-state index contributed by atoms with van der Waals surface area (Å²) >= 11 is 5.93. The second kappa shape index (κ2) is 11.3. The van der Waals surface area contributed by atoms with Crippen molar-refractivity contribution in [3.63, 3.8) is 0 Å². The summed E-state index contributed by atoms with van der Waals surface area (Å²) < 4.78 is 46.0. The molecule has 0 spiro atoms. The molecule has 0 saturated carbocycles. The Morgan fingerprint density at radius 2 is 1.95 bits per heavy atom. The molecule has 41 heavy (non-hydrogen) atoms. The summed E-state index contributed by atoms with van der Waals surface area (Å²) in [5.74, 6) is -5.04. The Hall–Kier alpha value is -3.64. The number of halogens is 4. The van der Waals surface area contributed by atoms with Crippen LogP contribution >= 0.6 is 11.6 Å². The lowest BCUT2D eigenvalue weighted by atomic mass is 9.72. The molecule has 13 heteroatoms. The molecule has 3 N–H and O–H groups in total. The number of benzene rings is 1. The topological polar surface area (TPSA) is 114 Å². The highest BCUT2D eigenvalue weighted by Gasteiger charge is 2.46. The van der Waals surface area contributed by atoms with E-state index in [1.807, 2.05) is 11.8 Å². The van der Waals surface area contributed by atoms with Crippen LogP contribution < -0.4 is 5.32 Å². The quantitative estimate of drug-likeness (QED) is 0.335. The number of likely N-dealkylation sites (tertiary alicyclic amines) is 2. The molecule has 0 aliphatic carbocycles. The number of aromatic nitrogens is 3. The Kier molecular flexibility index (Phi) is 7.97. The predicted octanol–water partition coefficient (Wildman–Crippen LogP) is 5.07. The van der Waals surface area contributed by atoms with Crippen LogP contribution in [0.15, 0.2) is 24.3 Å². The van der Waals surface area contributed by atoms with Crippen molar-refractivity contribution in [1.29, 1.82) is 0 Å². The molecule has 3 aromatic rings. The molecule has 2 saturated heterocycles. The number of hydrogen-bond donors (Lipinski definition) is 3. The van der Waals surface area contributed by atoms with Gasteiger partial charge < -0.3 is 15.3 Å². The van der Waals surface area contributed by atoms with Crippen molar-refractivity contribution in [3.8, 4) is 0 Å². The number of carboxylic acids is 1. The van der Waals surface area contributed by atoms with Crippen LogP contribution in [0.1, 0.15) is 53.5 Å². The van der Waals surface area contributed by atoms with Crippen molar-refractivity contribution in [2.24, 2.45) is 5.41 Å². The number of H-pyrrole nitrogens is 1. The number of aryl methyl sites for hydroxylation is 1. The van der Waals surface area contributed by atoms with Gasteiger partial charge in [0.15, 0.2) is 23.3 Å². The fraction of sp³-hybridized carbons (Fsp3) is 0.429. The first-order valence-electron chi connectivity index (χ1n) is 13.4. The summed E-state index contributed by atoms with van der Waals surface area (Å²) in [5.41, 5.74) is -1.49. The molecule has 0 radical (unpaired) electrons. The lowest BCUT2D eigenvalue weighted by Gasteiger charge is -2.43. The molecule has 4 heterocycles. The standard InChI is InChI=1S/C28H30ClF3N6O3/c1-15-11-20(36-35-15)34-25-24(32)21(26(39)37-8-4-9-37)23(31)19(33-25)13-28(27(40)41)7-10-38(16(2)12-28)14-17-5-3-6-18(29)22(17)30/h3,5-6,11,16H,4,7-10,12-14H2,1-2H3,(H,40,41)(H2,33,34,35,36)/t16-,28-/m1/s1. The molecular weight excluding hydrogens is 561 g/mol. The number of nitrogens with one attached hydrogen (secondary N) is 2. The molecule has 1 aromatic carbocycles. The third-order valence-corrected chi connectivity index (χ3v) is 8.30. The van der Waals surface area contributed by atoms with Crippen LogP contribution in [0.2, 0.25) is 5.02 Å². The van der Waals surface area contributed by atoms with Crippen LogP contribution in [0, 0.1) is 29.8 Å². The summed E-state index contributed by atoms with van der Waals surface area (Å²) in [6.07, 6.45) is 0.552. The van der Waals surface area contributed by atoms with Gasteiger partial charge >= 0.3 is 5.97 Å². The minimum absolute atomic E-state index is 0.00268. The van der Waals surface area contributed by atoms with Gasteiger partial charge in [-0.05, 0) is 45.7 Å². The number of rotatable bonds is 8. The Morgan fingerprint density at radius 3 is 2.56 bits per heavy atom. The van der Waals surface area contributed by atoms with E-state index < -0.39 is 46.1 Å². The normalized spacial score (nSPS) is 21.0. The number of aromatic amines is 1. The molecule has 2 aliphatic heterocycles. The first-order valence-corrected chi connectivity index (χ1v) is 13.7. The van der Waals surface area contributed by atoms with Crippen LogP contribution in [0.5, 0.6) is 0 Å². The third kappa shape index (κ3) is 5.62. The number of carbonyl (C=O) groups is 2. The van der Waals surface area contributed by atoms with E-state index >= 15 is 8.78 Å². The Morgan fingerprint density at radius 1 is 1.20 bits per heavy atom. The Balaban J connectivity index is 1.46. The molecule has 1 amide bonds. The van der Waals surface area contributed by atoms with Gasteiger partial charge in [-0.25, -0.2) is 18.2 Å². The fourth-order valence-corrected chi connectivity index (χ4v) is 5.70. The Labute approximate surface area is 239 Å². The lowest BCUT2D eigenvalue weighted by molar-refractivity contribution is -0.153. The number of carboxylic acid groups (broad SMARTS) is 1. The van der Waals surface area contributed by atoms with Gasteiger partial charge in [0.05, 0.1) is 16.1 Å². The van der Waals surface area contributed by atoms with Crippen LogP contribution in [0.4, 0.5) is 24.8 Å². The van der Waals surface area contributed by atoms with E-state index in [0.29, 0.717) is 24.3 Å². The molecule has 218 valence electrons. The van der Waals surface area contributed by atoms with Gasteiger partial charge in [-0.1, -0.05) is 23.7 Å². The highest BCUT2D eigenvalue weighted by Crippen LogP contribution is 2.40. The maximum absolute atomic E-state index is 15.9. The number of aliphatic carboxylic acids is 1. The lowest BCUT2D eigenvalue weighted by Crippen LogP contribution is -2.50. The van der Waals surface area contributed by atoms with E-state index in [4.69, 9.17) is 11.6 Å². The van der Waals surface area contributed by atoms with Crippen LogP contribution in [-0.2, 0) is 17.8 Å². The predicted molar refractivity (Wildman–Crippen MR) is 146 cm³/mol. The highest BCUT2D eigenvalue weighted by atomic mass is 35.5. The summed E-state index contributed by atoms with van der Waals surface area (Å²) in [7, 11) is 0. The summed E-state index contributed by atoms with van der Waals surface area (Å²) in [4.78, 5) is 33.2. The van der Waals surface area contributed by atoms with Crippen molar-refractivity contribution in [2.45, 2.75) is 52.1 Å². The van der Waals surface area contributed by atoms with Crippen LogP contribution in [0.3, 0.4) is 0 Å². The zero-order valence-corrected chi connectivity index (χ0v) is 23.4. The van der Waals surface area contributed by atoms with Gasteiger partial charge in [0.25, 0.3) is 5.91 Å². The number of hydrogen-bond acceptors (Lipinski definition) is 6. The first-order chi connectivity index (χ1) is 19.5. The first kappa shape index (κ1) is 28.9. The minimum Gasteiger partial charge on any atom is -0.481 e. The number of carbonyl (C=O) groups excluding carboxylic acids is 1. The molecule has 2 aromatic heterocycles.